The summed E-state index contributed by atoms with van der Waals surface area (Å²) in [6.07, 6.45) is 0. The third-order valence-corrected chi connectivity index (χ3v) is 5.80. The lowest BCUT2D eigenvalue weighted by Crippen LogP contribution is -2.06. The maximum Gasteiger partial charge on any atom is 0.376 e. The molecule has 0 radical (unpaired) electrons. The quantitative estimate of drug-likeness (QED) is 0.179. The van der Waals surface area contributed by atoms with Crippen molar-refractivity contribution in [2.45, 2.75) is 25.8 Å². The highest BCUT2D eigenvalue weighted by Crippen LogP contribution is 2.26. The highest BCUT2D eigenvalue weighted by molar-refractivity contribution is 9.08. The molecule has 2 aromatic carbocycles. The molecule has 212 valence electrons. The third kappa shape index (κ3) is 7.48. The van der Waals surface area contributed by atoms with Crippen LogP contribution in [0.25, 0.3) is 22.9 Å². The summed E-state index contributed by atoms with van der Waals surface area (Å²) in [5.41, 5.74) is 2.13. The van der Waals surface area contributed by atoms with Crippen LogP contribution in [0, 0.1) is 0 Å². The number of oxazole rings is 2. The summed E-state index contributed by atoms with van der Waals surface area (Å²) in [6.45, 7) is 3.55. The Morgan fingerprint density at radius 3 is 1.50 bits per heavy atom. The zero-order valence-electron chi connectivity index (χ0n) is 22.4. The number of aliphatic hydroxyl groups excluding tert-OH is 1. The lowest BCUT2D eigenvalue weighted by Gasteiger charge is -2.00. The van der Waals surface area contributed by atoms with Gasteiger partial charge in [-0.05, 0) is 62.4 Å². The molecule has 2 heterocycles. The van der Waals surface area contributed by atoms with E-state index in [-0.39, 0.29) is 29.7 Å². The number of aromatic nitrogens is 2. The number of alkyl halides is 1. The Hall–Kier alpha value is -4.16. The maximum absolute atomic E-state index is 11.8. The van der Waals surface area contributed by atoms with Gasteiger partial charge in [0.25, 0.3) is 0 Å². The van der Waals surface area contributed by atoms with E-state index in [1.165, 1.54) is 0 Å². The van der Waals surface area contributed by atoms with E-state index < -0.39 is 18.5 Å². The second-order valence-corrected chi connectivity index (χ2v) is 8.34. The standard InChI is InChI=1S/C14H14BrNO4.C14H15NO5/c1-3-19-14(17)12-11(8-15)16-13(20-12)9-4-6-10(18-2)7-5-9;1-3-19-14(17)12-11(8-16)15-13(20-12)9-4-6-10(18-2)7-5-9/h4-7H,3,8H2,1-2H3;4-7,16H,3,8H2,1-2H3. The molecule has 1 N–H and O–H groups in total. The van der Waals surface area contributed by atoms with Gasteiger partial charge in [-0.25, -0.2) is 19.6 Å². The van der Waals surface area contributed by atoms with Gasteiger partial charge in [-0.15, -0.1) is 0 Å². The number of esters is 2. The molecule has 40 heavy (non-hydrogen) atoms. The van der Waals surface area contributed by atoms with Crippen molar-refractivity contribution < 1.29 is 42.5 Å². The molecular weight excluding hydrogens is 588 g/mol. The van der Waals surface area contributed by atoms with Crippen LogP contribution in [-0.2, 0) is 21.4 Å². The first-order valence-electron chi connectivity index (χ1n) is 12.2. The second-order valence-electron chi connectivity index (χ2n) is 7.78. The molecule has 0 saturated heterocycles. The zero-order chi connectivity index (χ0) is 29.1. The summed E-state index contributed by atoms with van der Waals surface area (Å²) in [5.74, 6) is 0.998. The highest BCUT2D eigenvalue weighted by Gasteiger charge is 2.22. The number of hydrogen-bond donors (Lipinski definition) is 1. The minimum Gasteiger partial charge on any atom is -0.497 e. The lowest BCUT2D eigenvalue weighted by atomic mass is 10.2. The van der Waals surface area contributed by atoms with Gasteiger partial charge in [-0.3, -0.25) is 0 Å². The van der Waals surface area contributed by atoms with E-state index in [2.05, 4.69) is 25.9 Å². The molecule has 0 atom stereocenters. The van der Waals surface area contributed by atoms with Crippen LogP contribution in [0.5, 0.6) is 11.5 Å². The number of carbonyl (C=O) groups is 2. The number of hydrogen-bond acceptors (Lipinski definition) is 11. The SMILES string of the molecule is CCOC(=O)c1oc(-c2ccc(OC)cc2)nc1CBr.CCOC(=O)c1oc(-c2ccc(OC)cc2)nc1CO. The van der Waals surface area contributed by atoms with Gasteiger partial charge in [0.15, 0.2) is 0 Å². The van der Waals surface area contributed by atoms with Crippen LogP contribution in [0.15, 0.2) is 57.4 Å². The topological polar surface area (TPSA) is 143 Å². The van der Waals surface area contributed by atoms with Crippen LogP contribution in [0.3, 0.4) is 0 Å². The molecule has 0 aliphatic carbocycles. The van der Waals surface area contributed by atoms with Crippen molar-refractivity contribution in [1.82, 2.24) is 9.97 Å². The van der Waals surface area contributed by atoms with Gasteiger partial charge in [-0.2, -0.15) is 0 Å². The van der Waals surface area contributed by atoms with E-state index in [9.17, 15) is 14.7 Å². The van der Waals surface area contributed by atoms with E-state index >= 15 is 0 Å². The summed E-state index contributed by atoms with van der Waals surface area (Å²) < 4.78 is 30.9. The van der Waals surface area contributed by atoms with E-state index in [4.69, 9.17) is 27.8 Å². The Kier molecular flexibility index (Phi) is 11.3. The van der Waals surface area contributed by atoms with E-state index in [0.717, 1.165) is 11.3 Å². The Morgan fingerprint density at radius 2 is 1.15 bits per heavy atom. The fraction of sp³-hybridized carbons (Fsp3) is 0.286. The second kappa shape index (κ2) is 14.8. The maximum atomic E-state index is 11.8. The van der Waals surface area contributed by atoms with Gasteiger partial charge in [0.05, 0.1) is 34.0 Å². The average molecular weight is 617 g/mol. The van der Waals surface area contributed by atoms with Crippen LogP contribution < -0.4 is 9.47 Å². The first kappa shape index (κ1) is 30.4. The van der Waals surface area contributed by atoms with Gasteiger partial charge in [-0.1, -0.05) is 15.9 Å². The van der Waals surface area contributed by atoms with Crippen molar-refractivity contribution in [3.8, 4) is 34.4 Å². The monoisotopic (exact) mass is 616 g/mol. The zero-order valence-corrected chi connectivity index (χ0v) is 24.0. The predicted molar refractivity (Wildman–Crippen MR) is 147 cm³/mol. The number of halogens is 1. The fourth-order valence-corrected chi connectivity index (χ4v) is 3.71. The third-order valence-electron chi connectivity index (χ3n) is 5.27. The number of aliphatic hydroxyl groups is 1. The normalized spacial score (nSPS) is 10.3. The van der Waals surface area contributed by atoms with Crippen molar-refractivity contribution in [2.24, 2.45) is 0 Å². The van der Waals surface area contributed by atoms with Gasteiger partial charge in [0.1, 0.15) is 22.9 Å². The summed E-state index contributed by atoms with van der Waals surface area (Å²) in [4.78, 5) is 31.9. The Morgan fingerprint density at radius 1 is 0.750 bits per heavy atom. The molecular formula is C28H29BrN2O9. The first-order valence-corrected chi connectivity index (χ1v) is 13.3. The van der Waals surface area contributed by atoms with Crippen LogP contribution in [0.2, 0.25) is 0 Å². The Bertz CT molecular complexity index is 1290. The van der Waals surface area contributed by atoms with Crippen molar-refractivity contribution in [3.05, 3.63) is 71.4 Å². The van der Waals surface area contributed by atoms with Crippen molar-refractivity contribution in [2.75, 3.05) is 27.4 Å². The largest absolute Gasteiger partial charge is 0.497 e. The van der Waals surface area contributed by atoms with Crippen LogP contribution in [0.1, 0.15) is 46.3 Å². The molecule has 0 aliphatic heterocycles. The molecule has 12 heteroatoms. The summed E-state index contributed by atoms with van der Waals surface area (Å²) in [7, 11) is 3.17. The molecule has 0 amide bonds. The van der Waals surface area contributed by atoms with Gasteiger partial charge >= 0.3 is 11.9 Å². The van der Waals surface area contributed by atoms with Crippen LogP contribution >= 0.6 is 15.9 Å². The first-order chi connectivity index (χ1) is 19.4. The molecule has 11 nitrogen and oxygen atoms in total. The molecule has 2 aromatic heterocycles. The van der Waals surface area contributed by atoms with Crippen LogP contribution in [0.4, 0.5) is 0 Å². The highest BCUT2D eigenvalue weighted by atomic mass is 79.9. The van der Waals surface area contributed by atoms with Crippen molar-refractivity contribution >= 4 is 27.9 Å². The number of nitrogens with zero attached hydrogens (tertiary/aromatic N) is 2. The number of benzene rings is 2. The van der Waals surface area contributed by atoms with E-state index in [1.807, 2.05) is 12.1 Å². The minimum atomic E-state index is -0.635. The summed E-state index contributed by atoms with van der Waals surface area (Å²) in [5, 5.41) is 9.65. The molecule has 0 bridgehead atoms. The predicted octanol–water partition coefficient (Wildman–Crippen LogP) is 5.44. The van der Waals surface area contributed by atoms with E-state index in [0.29, 0.717) is 34.8 Å². The van der Waals surface area contributed by atoms with Crippen molar-refractivity contribution in [3.63, 3.8) is 0 Å². The fourth-order valence-electron chi connectivity index (χ4n) is 3.33. The lowest BCUT2D eigenvalue weighted by molar-refractivity contribution is 0.0479. The van der Waals surface area contributed by atoms with Crippen molar-refractivity contribution in [1.29, 1.82) is 0 Å². The van der Waals surface area contributed by atoms with Gasteiger partial charge < -0.3 is 32.9 Å². The smallest absolute Gasteiger partial charge is 0.376 e. The molecule has 0 aliphatic rings. The minimum absolute atomic E-state index is 0.0693. The summed E-state index contributed by atoms with van der Waals surface area (Å²) in [6, 6.07) is 14.2. The Labute approximate surface area is 239 Å². The molecule has 4 rings (SSSR count). The summed E-state index contributed by atoms with van der Waals surface area (Å²) >= 11 is 3.29. The average Bonchev–Trinajstić information content (AvgIpc) is 3.63. The van der Waals surface area contributed by atoms with Gasteiger partial charge in [0.2, 0.25) is 23.3 Å². The number of ether oxygens (including phenoxy) is 4. The van der Waals surface area contributed by atoms with E-state index in [1.54, 1.807) is 64.5 Å². The number of methoxy groups -OCH3 is 2. The molecule has 0 unspecified atom stereocenters. The van der Waals surface area contributed by atoms with Crippen LogP contribution in [-0.4, -0.2) is 54.4 Å². The number of rotatable bonds is 10. The molecule has 0 spiro atoms. The Balaban J connectivity index is 0.000000220. The number of carbonyl (C=O) groups excluding carboxylic acids is 2. The molecule has 4 aromatic rings. The molecule has 0 fully saturated rings. The van der Waals surface area contributed by atoms with Gasteiger partial charge in [0, 0.05) is 16.5 Å². The molecule has 0 saturated carbocycles.